The first-order chi connectivity index (χ1) is 8.00. The van der Waals surface area contributed by atoms with Crippen molar-refractivity contribution in [1.29, 1.82) is 0 Å². The van der Waals surface area contributed by atoms with Crippen LogP contribution in [0, 0.1) is 10.1 Å². The summed E-state index contributed by atoms with van der Waals surface area (Å²) in [6, 6.07) is 6.48. The van der Waals surface area contributed by atoms with E-state index in [0.29, 0.717) is 12.8 Å². The van der Waals surface area contributed by atoms with Gasteiger partial charge in [-0.1, -0.05) is 19.1 Å². The SMILES string of the molecule is CC(CCCC(=O)O)c1cccc([N+](=O)[O-])c1. The van der Waals surface area contributed by atoms with Crippen molar-refractivity contribution in [1.82, 2.24) is 0 Å². The molecule has 5 nitrogen and oxygen atoms in total. The van der Waals surface area contributed by atoms with Gasteiger partial charge < -0.3 is 5.11 Å². The Morgan fingerprint density at radius 3 is 2.82 bits per heavy atom. The van der Waals surface area contributed by atoms with E-state index in [9.17, 15) is 14.9 Å². The standard InChI is InChI=1S/C12H15NO4/c1-9(4-2-7-12(14)15)10-5-3-6-11(8-10)13(16)17/h3,5-6,8-9H,2,4,7H2,1H3,(H,14,15). The molecule has 0 aliphatic heterocycles. The number of aliphatic carboxylic acids is 1. The molecule has 0 heterocycles. The molecule has 0 aliphatic carbocycles. The fourth-order valence-corrected chi connectivity index (χ4v) is 1.67. The van der Waals surface area contributed by atoms with Gasteiger partial charge in [-0.25, -0.2) is 0 Å². The van der Waals surface area contributed by atoms with E-state index >= 15 is 0 Å². The van der Waals surface area contributed by atoms with Crippen LogP contribution in [-0.4, -0.2) is 16.0 Å². The molecule has 1 aromatic carbocycles. The summed E-state index contributed by atoms with van der Waals surface area (Å²) in [5.74, 6) is -0.675. The van der Waals surface area contributed by atoms with Gasteiger partial charge in [-0.3, -0.25) is 14.9 Å². The molecule has 0 amide bonds. The molecule has 0 spiro atoms. The Kier molecular flexibility index (Phi) is 4.63. The van der Waals surface area contributed by atoms with E-state index in [1.807, 2.05) is 13.0 Å². The van der Waals surface area contributed by atoms with E-state index < -0.39 is 10.9 Å². The molecule has 5 heteroatoms. The van der Waals surface area contributed by atoms with E-state index in [1.165, 1.54) is 6.07 Å². The maximum Gasteiger partial charge on any atom is 0.303 e. The van der Waals surface area contributed by atoms with E-state index in [4.69, 9.17) is 5.11 Å². The highest BCUT2D eigenvalue weighted by Crippen LogP contribution is 2.24. The van der Waals surface area contributed by atoms with E-state index in [1.54, 1.807) is 12.1 Å². The Bertz CT molecular complexity index is 417. The van der Waals surface area contributed by atoms with Crippen molar-refractivity contribution in [3.05, 3.63) is 39.9 Å². The van der Waals surface area contributed by atoms with E-state index in [-0.39, 0.29) is 18.0 Å². The number of benzene rings is 1. The maximum absolute atomic E-state index is 10.6. The average Bonchev–Trinajstić information content (AvgIpc) is 2.28. The van der Waals surface area contributed by atoms with Gasteiger partial charge in [0.1, 0.15) is 0 Å². The lowest BCUT2D eigenvalue weighted by atomic mass is 9.95. The summed E-state index contributed by atoms with van der Waals surface area (Å²) in [5.41, 5.74) is 0.956. The molecular weight excluding hydrogens is 222 g/mol. The van der Waals surface area contributed by atoms with Gasteiger partial charge >= 0.3 is 5.97 Å². The van der Waals surface area contributed by atoms with E-state index in [0.717, 1.165) is 5.56 Å². The first-order valence-corrected chi connectivity index (χ1v) is 5.47. The number of carbonyl (C=O) groups is 1. The lowest BCUT2D eigenvalue weighted by Gasteiger charge is -2.10. The summed E-state index contributed by atoms with van der Waals surface area (Å²) >= 11 is 0. The Balaban J connectivity index is 2.62. The monoisotopic (exact) mass is 237 g/mol. The third kappa shape index (κ3) is 4.22. The molecule has 0 bridgehead atoms. The zero-order chi connectivity index (χ0) is 12.8. The smallest absolute Gasteiger partial charge is 0.303 e. The summed E-state index contributed by atoms with van der Waals surface area (Å²) in [6.45, 7) is 1.95. The minimum atomic E-state index is -0.809. The largest absolute Gasteiger partial charge is 0.481 e. The highest BCUT2D eigenvalue weighted by Gasteiger charge is 2.11. The normalized spacial score (nSPS) is 12.1. The van der Waals surface area contributed by atoms with Crippen LogP contribution in [0.4, 0.5) is 5.69 Å². The van der Waals surface area contributed by atoms with Crippen molar-refractivity contribution in [2.24, 2.45) is 0 Å². The van der Waals surface area contributed by atoms with Crippen LogP contribution in [-0.2, 0) is 4.79 Å². The number of non-ortho nitro benzene ring substituents is 1. The van der Waals surface area contributed by atoms with Crippen LogP contribution >= 0.6 is 0 Å². The molecule has 1 atom stereocenters. The fourth-order valence-electron chi connectivity index (χ4n) is 1.67. The molecule has 0 aromatic heterocycles. The molecular formula is C12H15NO4. The fraction of sp³-hybridized carbons (Fsp3) is 0.417. The van der Waals surface area contributed by atoms with Crippen molar-refractivity contribution in [2.45, 2.75) is 32.1 Å². The predicted molar refractivity (Wildman–Crippen MR) is 63.0 cm³/mol. The number of nitro benzene ring substituents is 1. The van der Waals surface area contributed by atoms with Crippen LogP contribution in [0.3, 0.4) is 0 Å². The van der Waals surface area contributed by atoms with Crippen molar-refractivity contribution in [2.75, 3.05) is 0 Å². The van der Waals surface area contributed by atoms with Crippen LogP contribution in [0.25, 0.3) is 0 Å². The summed E-state index contributed by atoms with van der Waals surface area (Å²) in [7, 11) is 0. The molecule has 1 aromatic rings. The van der Waals surface area contributed by atoms with Gasteiger partial charge in [0.15, 0.2) is 0 Å². The van der Waals surface area contributed by atoms with Crippen LogP contribution in [0.15, 0.2) is 24.3 Å². The molecule has 0 fully saturated rings. The summed E-state index contributed by atoms with van der Waals surface area (Å²) < 4.78 is 0. The lowest BCUT2D eigenvalue weighted by Crippen LogP contribution is -1.99. The zero-order valence-corrected chi connectivity index (χ0v) is 9.63. The summed E-state index contributed by atoms with van der Waals surface area (Å²) in [5, 5.41) is 19.1. The van der Waals surface area contributed by atoms with Gasteiger partial charge in [0, 0.05) is 18.6 Å². The third-order valence-corrected chi connectivity index (χ3v) is 2.68. The quantitative estimate of drug-likeness (QED) is 0.609. The van der Waals surface area contributed by atoms with Crippen molar-refractivity contribution in [3.63, 3.8) is 0 Å². The minimum absolute atomic E-state index is 0.0765. The van der Waals surface area contributed by atoms with Crippen molar-refractivity contribution < 1.29 is 14.8 Å². The van der Waals surface area contributed by atoms with Gasteiger partial charge in [-0.05, 0) is 24.3 Å². The predicted octanol–water partition coefficient (Wildman–Crippen LogP) is 2.95. The topological polar surface area (TPSA) is 80.4 Å². The average molecular weight is 237 g/mol. The highest BCUT2D eigenvalue weighted by molar-refractivity contribution is 5.66. The maximum atomic E-state index is 10.6. The molecule has 92 valence electrons. The molecule has 0 saturated carbocycles. The minimum Gasteiger partial charge on any atom is -0.481 e. The number of hydrogen-bond acceptors (Lipinski definition) is 3. The highest BCUT2D eigenvalue weighted by atomic mass is 16.6. The first kappa shape index (κ1) is 13.2. The van der Waals surface area contributed by atoms with Gasteiger partial charge in [0.2, 0.25) is 0 Å². The second-order valence-corrected chi connectivity index (χ2v) is 4.04. The van der Waals surface area contributed by atoms with Gasteiger partial charge in [-0.15, -0.1) is 0 Å². The number of rotatable bonds is 6. The zero-order valence-electron chi connectivity index (χ0n) is 9.63. The van der Waals surface area contributed by atoms with Crippen LogP contribution in [0.5, 0.6) is 0 Å². The Morgan fingerprint density at radius 2 is 2.24 bits per heavy atom. The number of nitro groups is 1. The Hall–Kier alpha value is -1.91. The number of carboxylic acid groups (broad SMARTS) is 1. The molecule has 0 saturated heterocycles. The molecule has 0 radical (unpaired) electrons. The van der Waals surface area contributed by atoms with E-state index in [2.05, 4.69) is 0 Å². The van der Waals surface area contributed by atoms with Crippen molar-refractivity contribution >= 4 is 11.7 Å². The number of nitrogens with zero attached hydrogens (tertiary/aromatic N) is 1. The van der Waals surface area contributed by atoms with Gasteiger partial charge in [0.05, 0.1) is 4.92 Å². The second-order valence-electron chi connectivity index (χ2n) is 4.04. The summed E-state index contributed by atoms with van der Waals surface area (Å²) in [6.07, 6.45) is 1.44. The first-order valence-electron chi connectivity index (χ1n) is 5.47. The van der Waals surface area contributed by atoms with Crippen molar-refractivity contribution in [3.8, 4) is 0 Å². The Labute approximate surface area is 99.2 Å². The third-order valence-electron chi connectivity index (χ3n) is 2.68. The Morgan fingerprint density at radius 1 is 1.53 bits per heavy atom. The van der Waals surface area contributed by atoms with Crippen LogP contribution in [0.2, 0.25) is 0 Å². The van der Waals surface area contributed by atoms with Crippen LogP contribution in [0.1, 0.15) is 37.7 Å². The van der Waals surface area contributed by atoms with Gasteiger partial charge in [-0.2, -0.15) is 0 Å². The van der Waals surface area contributed by atoms with Gasteiger partial charge in [0.25, 0.3) is 5.69 Å². The molecule has 1 unspecified atom stereocenters. The van der Waals surface area contributed by atoms with Crippen LogP contribution < -0.4 is 0 Å². The second kappa shape index (κ2) is 5.98. The summed E-state index contributed by atoms with van der Waals surface area (Å²) in [4.78, 5) is 20.6. The number of hydrogen-bond donors (Lipinski definition) is 1. The molecule has 1 rings (SSSR count). The lowest BCUT2D eigenvalue weighted by molar-refractivity contribution is -0.384. The number of carboxylic acids is 1. The molecule has 17 heavy (non-hydrogen) atoms. The molecule has 1 N–H and O–H groups in total. The molecule has 0 aliphatic rings.